The third-order valence-electron chi connectivity index (χ3n) is 4.81. The summed E-state index contributed by atoms with van der Waals surface area (Å²) in [4.78, 5) is 12.6. The summed E-state index contributed by atoms with van der Waals surface area (Å²) in [6.45, 7) is 7.85. The van der Waals surface area contributed by atoms with Crippen LogP contribution >= 0.6 is 11.6 Å². The normalized spacial score (nSPS) is 10.8. The largest absolute Gasteiger partial charge is 0.350 e. The van der Waals surface area contributed by atoms with Gasteiger partial charge < -0.3 is 5.32 Å². The van der Waals surface area contributed by atoms with Crippen LogP contribution in [0.2, 0.25) is 5.02 Å². The van der Waals surface area contributed by atoms with Crippen LogP contribution in [-0.4, -0.2) is 21.7 Å². The number of benzene rings is 2. The summed E-state index contributed by atoms with van der Waals surface area (Å²) in [7, 11) is 0. The van der Waals surface area contributed by atoms with Gasteiger partial charge in [0.25, 0.3) is 5.91 Å². The molecule has 0 bridgehead atoms. The van der Waals surface area contributed by atoms with Crippen molar-refractivity contribution in [2.24, 2.45) is 0 Å². The van der Waals surface area contributed by atoms with Crippen molar-refractivity contribution in [3.05, 3.63) is 81.1 Å². The second kappa shape index (κ2) is 8.50. The molecule has 0 aliphatic heterocycles. The van der Waals surface area contributed by atoms with Gasteiger partial charge in [0.15, 0.2) is 0 Å². The first-order chi connectivity index (χ1) is 13.8. The molecule has 0 aliphatic carbocycles. The Bertz CT molecular complexity index is 1110. The van der Waals surface area contributed by atoms with Gasteiger partial charge in [0, 0.05) is 29.3 Å². The quantitative estimate of drug-likeness (QED) is 0.665. The third kappa shape index (κ3) is 4.33. The van der Waals surface area contributed by atoms with E-state index in [1.807, 2.05) is 62.7 Å². The first-order valence-electron chi connectivity index (χ1n) is 9.45. The van der Waals surface area contributed by atoms with Gasteiger partial charge in [-0.05, 0) is 57.5 Å². The van der Waals surface area contributed by atoms with Crippen molar-refractivity contribution in [3.8, 4) is 11.8 Å². The van der Waals surface area contributed by atoms with Crippen molar-refractivity contribution in [2.45, 2.75) is 40.2 Å². The highest BCUT2D eigenvalue weighted by Gasteiger charge is 2.18. The molecule has 1 amide bonds. The molecule has 0 aliphatic rings. The highest BCUT2D eigenvalue weighted by molar-refractivity contribution is 6.31. The van der Waals surface area contributed by atoms with Crippen LogP contribution in [0.3, 0.4) is 0 Å². The molecule has 6 heteroatoms. The summed E-state index contributed by atoms with van der Waals surface area (Å²) in [5, 5.41) is 17.1. The van der Waals surface area contributed by atoms with E-state index in [-0.39, 0.29) is 11.9 Å². The summed E-state index contributed by atoms with van der Waals surface area (Å²) in [6, 6.07) is 15.1. The fourth-order valence-corrected chi connectivity index (χ4v) is 3.55. The summed E-state index contributed by atoms with van der Waals surface area (Å²) in [6.07, 6.45) is 0.601. The van der Waals surface area contributed by atoms with Gasteiger partial charge in [-0.1, -0.05) is 29.8 Å². The molecule has 5 nitrogen and oxygen atoms in total. The zero-order valence-corrected chi connectivity index (χ0v) is 17.7. The van der Waals surface area contributed by atoms with Crippen LogP contribution in [0.25, 0.3) is 5.69 Å². The fraction of sp³-hybridized carbons (Fsp3) is 0.261. The lowest BCUT2D eigenvalue weighted by Gasteiger charge is -2.13. The van der Waals surface area contributed by atoms with Crippen LogP contribution in [0, 0.1) is 25.2 Å². The lowest BCUT2D eigenvalue weighted by atomic mass is 9.98. The first-order valence-corrected chi connectivity index (χ1v) is 9.83. The van der Waals surface area contributed by atoms with Crippen molar-refractivity contribution in [2.75, 3.05) is 0 Å². The van der Waals surface area contributed by atoms with Crippen molar-refractivity contribution in [1.29, 1.82) is 5.26 Å². The van der Waals surface area contributed by atoms with Gasteiger partial charge in [0.1, 0.15) is 6.07 Å². The zero-order valence-electron chi connectivity index (χ0n) is 17.0. The molecule has 0 atom stereocenters. The van der Waals surface area contributed by atoms with Crippen LogP contribution < -0.4 is 5.32 Å². The summed E-state index contributed by atoms with van der Waals surface area (Å²) < 4.78 is 1.83. The predicted molar refractivity (Wildman–Crippen MR) is 115 cm³/mol. The lowest BCUT2D eigenvalue weighted by molar-refractivity contribution is 0.0942. The molecule has 29 heavy (non-hydrogen) atoms. The van der Waals surface area contributed by atoms with E-state index in [0.717, 1.165) is 28.2 Å². The molecular formula is C23H23ClN4O. The van der Waals surface area contributed by atoms with Gasteiger partial charge >= 0.3 is 0 Å². The Morgan fingerprint density at radius 2 is 1.97 bits per heavy atom. The maximum absolute atomic E-state index is 12.6. The minimum absolute atomic E-state index is 0.0721. The van der Waals surface area contributed by atoms with Crippen molar-refractivity contribution in [1.82, 2.24) is 15.1 Å². The van der Waals surface area contributed by atoms with Gasteiger partial charge in [-0.15, -0.1) is 0 Å². The van der Waals surface area contributed by atoms with Gasteiger partial charge in [-0.3, -0.25) is 4.79 Å². The van der Waals surface area contributed by atoms with Gasteiger partial charge in [0.05, 0.1) is 22.0 Å². The Kier molecular flexibility index (Phi) is 6.05. The maximum atomic E-state index is 12.6. The molecule has 0 saturated heterocycles. The van der Waals surface area contributed by atoms with E-state index in [2.05, 4.69) is 16.5 Å². The number of nitrogens with one attached hydrogen (secondary N) is 1. The molecule has 0 saturated carbocycles. The number of aryl methyl sites for hydroxylation is 1. The zero-order chi connectivity index (χ0) is 21.1. The SMILES string of the molecule is Cc1nn(-c2ccc(C#N)c(Cl)c2)c(C)c1Cc1ccccc1C(=O)NC(C)C. The number of nitriles is 1. The topological polar surface area (TPSA) is 70.7 Å². The number of nitrogens with zero attached hydrogens (tertiary/aromatic N) is 3. The Morgan fingerprint density at radius 3 is 2.62 bits per heavy atom. The first kappa shape index (κ1) is 20.6. The molecule has 3 aromatic rings. The van der Waals surface area contributed by atoms with E-state index in [1.54, 1.807) is 12.1 Å². The summed E-state index contributed by atoms with van der Waals surface area (Å²) in [5.41, 5.74) is 5.79. The van der Waals surface area contributed by atoms with E-state index in [1.165, 1.54) is 0 Å². The lowest BCUT2D eigenvalue weighted by Crippen LogP contribution is -2.30. The van der Waals surface area contributed by atoms with E-state index < -0.39 is 0 Å². The van der Waals surface area contributed by atoms with Crippen molar-refractivity contribution < 1.29 is 4.79 Å². The van der Waals surface area contributed by atoms with E-state index in [0.29, 0.717) is 22.6 Å². The third-order valence-corrected chi connectivity index (χ3v) is 5.12. The average molecular weight is 407 g/mol. The van der Waals surface area contributed by atoms with Crippen LogP contribution in [0.1, 0.15) is 52.3 Å². The highest BCUT2D eigenvalue weighted by Crippen LogP contribution is 2.25. The predicted octanol–water partition coefficient (Wildman–Crippen LogP) is 4.74. The molecule has 0 radical (unpaired) electrons. The van der Waals surface area contributed by atoms with Crippen molar-refractivity contribution in [3.63, 3.8) is 0 Å². The fourth-order valence-electron chi connectivity index (χ4n) is 3.34. The number of carbonyl (C=O) groups excluding carboxylic acids is 1. The van der Waals surface area contributed by atoms with Crippen LogP contribution in [0.5, 0.6) is 0 Å². The van der Waals surface area contributed by atoms with E-state index >= 15 is 0 Å². The molecule has 1 aromatic heterocycles. The van der Waals surface area contributed by atoms with Crippen molar-refractivity contribution >= 4 is 17.5 Å². The van der Waals surface area contributed by atoms with Gasteiger partial charge in [0.2, 0.25) is 0 Å². The number of hydrogen-bond donors (Lipinski definition) is 1. The molecule has 1 heterocycles. The molecule has 148 valence electrons. The average Bonchev–Trinajstić information content (AvgIpc) is 2.96. The number of aromatic nitrogens is 2. The molecule has 1 N–H and O–H groups in total. The molecule has 3 rings (SSSR count). The van der Waals surface area contributed by atoms with Crippen LogP contribution in [-0.2, 0) is 6.42 Å². The summed E-state index contributed by atoms with van der Waals surface area (Å²) >= 11 is 6.20. The highest BCUT2D eigenvalue weighted by atomic mass is 35.5. The maximum Gasteiger partial charge on any atom is 0.251 e. The monoisotopic (exact) mass is 406 g/mol. The Hall–Kier alpha value is -3.10. The number of halogens is 1. The molecule has 0 spiro atoms. The number of hydrogen-bond acceptors (Lipinski definition) is 3. The number of rotatable bonds is 5. The number of amides is 1. The molecule has 0 fully saturated rings. The molecule has 2 aromatic carbocycles. The summed E-state index contributed by atoms with van der Waals surface area (Å²) in [5.74, 6) is -0.0721. The molecular weight excluding hydrogens is 384 g/mol. The van der Waals surface area contributed by atoms with E-state index in [9.17, 15) is 4.79 Å². The van der Waals surface area contributed by atoms with Gasteiger partial charge in [-0.25, -0.2) is 4.68 Å². The molecule has 0 unspecified atom stereocenters. The van der Waals surface area contributed by atoms with Gasteiger partial charge in [-0.2, -0.15) is 10.4 Å². The van der Waals surface area contributed by atoms with Crippen LogP contribution in [0.4, 0.5) is 0 Å². The number of carbonyl (C=O) groups is 1. The smallest absolute Gasteiger partial charge is 0.251 e. The Labute approximate surface area is 175 Å². The van der Waals surface area contributed by atoms with E-state index in [4.69, 9.17) is 16.9 Å². The second-order valence-corrected chi connectivity index (χ2v) is 7.71. The Balaban J connectivity index is 1.98. The standard InChI is InChI=1S/C23H23ClN4O/c1-14(2)26-23(29)20-8-6-5-7-17(20)11-21-15(3)27-28(16(21)4)19-10-9-18(13-25)22(24)12-19/h5-10,12,14H,11H2,1-4H3,(H,26,29). The minimum atomic E-state index is -0.0721. The minimum Gasteiger partial charge on any atom is -0.350 e. The second-order valence-electron chi connectivity index (χ2n) is 7.30. The Morgan fingerprint density at radius 1 is 1.24 bits per heavy atom. The van der Waals surface area contributed by atoms with Crippen LogP contribution in [0.15, 0.2) is 42.5 Å².